The monoisotopic (exact) mass is 973 g/mol. The van der Waals surface area contributed by atoms with Crippen LogP contribution in [-0.2, 0) is 0 Å². The minimum atomic E-state index is 1.26. The van der Waals surface area contributed by atoms with E-state index in [2.05, 4.69) is 232 Å². The van der Waals surface area contributed by atoms with E-state index in [9.17, 15) is 0 Å². The molecule has 0 aliphatic heterocycles. The molecule has 0 heterocycles. The fourth-order valence-corrected chi connectivity index (χ4v) is 8.27. The molecular weight excluding hydrogens is 877 g/mol. The lowest BCUT2D eigenvalue weighted by Crippen LogP contribution is -1.90. The van der Waals surface area contributed by atoms with Crippen LogP contribution in [0.25, 0.3) is 87.6 Å². The average Bonchev–Trinajstić information content (AvgIpc) is 3.51. The lowest BCUT2D eigenvalue weighted by atomic mass is 9.86. The number of unbranched alkanes of at least 4 members (excludes halogenated alkanes) is 2. The van der Waals surface area contributed by atoms with Crippen molar-refractivity contribution in [3.05, 3.63) is 218 Å². The van der Waals surface area contributed by atoms with Crippen LogP contribution in [0.5, 0.6) is 0 Å². The summed E-state index contributed by atoms with van der Waals surface area (Å²) >= 11 is 0. The van der Waals surface area contributed by atoms with E-state index < -0.39 is 0 Å². The summed E-state index contributed by atoms with van der Waals surface area (Å²) in [6.45, 7) is 36.4. The summed E-state index contributed by atoms with van der Waals surface area (Å²) in [6, 6.07) is 77.9. The second-order valence-corrected chi connectivity index (χ2v) is 14.5. The Morgan fingerprint density at radius 3 is 0.411 bits per heavy atom. The molecule has 0 radical (unpaired) electrons. The largest absolute Gasteiger partial charge is 0.0683 e. The number of benzene rings is 10. The maximum absolute atomic E-state index is 2.25. The second kappa shape index (κ2) is 41.8. The summed E-state index contributed by atoms with van der Waals surface area (Å²) < 4.78 is 0. The predicted octanol–water partition coefficient (Wildman–Crippen LogP) is 25.1. The third-order valence-electron chi connectivity index (χ3n) is 10.8. The fourth-order valence-electron chi connectivity index (χ4n) is 8.27. The molecule has 10 aromatic rings. The van der Waals surface area contributed by atoms with E-state index in [1.54, 1.807) is 0 Å². The third-order valence-corrected chi connectivity index (χ3v) is 10.8. The highest BCUT2D eigenvalue weighted by Crippen LogP contribution is 2.45. The molecule has 0 aromatic heterocycles. The van der Waals surface area contributed by atoms with E-state index in [-0.39, 0.29) is 0 Å². The van der Waals surface area contributed by atoms with Crippen molar-refractivity contribution in [1.29, 1.82) is 0 Å². The van der Waals surface area contributed by atoms with Crippen LogP contribution in [0.2, 0.25) is 0 Å². The van der Waals surface area contributed by atoms with E-state index in [0.717, 1.165) is 0 Å². The SMILES string of the molecule is CC.CC.CC.CC.CC.CC.CC.CC.CCCCC.c1ccc(-c2c3ccccc3c(-c3ccccc3)c3ccccc23)cc1.c1ccc(-c2c3ccccc3c(-c3ccccc3)c3ccccc23)cc1. The maximum atomic E-state index is 2.25. The topological polar surface area (TPSA) is 0 Å². The molecule has 0 aliphatic carbocycles. The van der Waals surface area contributed by atoms with Gasteiger partial charge in [-0.15, -0.1) is 0 Å². The minimum Gasteiger partial charge on any atom is -0.0683 e. The van der Waals surface area contributed by atoms with Gasteiger partial charge in [-0.05, 0) is 87.6 Å². The molecule has 0 aliphatic rings. The molecule has 0 spiro atoms. The van der Waals surface area contributed by atoms with Gasteiger partial charge in [0.25, 0.3) is 0 Å². The molecular formula is C73H96. The smallest absolute Gasteiger partial charge is 0.00264 e. The van der Waals surface area contributed by atoms with E-state index in [1.165, 1.54) is 107 Å². The van der Waals surface area contributed by atoms with Gasteiger partial charge in [-0.1, -0.05) is 362 Å². The molecule has 0 heteroatoms. The van der Waals surface area contributed by atoms with E-state index in [1.807, 2.05) is 111 Å². The van der Waals surface area contributed by atoms with Crippen molar-refractivity contribution >= 4 is 43.1 Å². The molecule has 0 amide bonds. The first kappa shape index (κ1) is 66.2. The third kappa shape index (κ3) is 18.4. The first-order valence-electron chi connectivity index (χ1n) is 28.4. The Bertz CT molecular complexity index is 2350. The van der Waals surface area contributed by atoms with Crippen LogP contribution in [0.1, 0.15) is 144 Å². The van der Waals surface area contributed by atoms with Gasteiger partial charge in [0.2, 0.25) is 0 Å². The summed E-state index contributed by atoms with van der Waals surface area (Å²) in [5.74, 6) is 0. The van der Waals surface area contributed by atoms with Gasteiger partial charge < -0.3 is 0 Å². The molecule has 0 nitrogen and oxygen atoms in total. The predicted molar refractivity (Wildman–Crippen MR) is 341 cm³/mol. The Balaban J connectivity index is 0.00000104. The molecule has 73 heavy (non-hydrogen) atoms. The van der Waals surface area contributed by atoms with Gasteiger partial charge >= 0.3 is 0 Å². The number of rotatable bonds is 6. The molecule has 0 unspecified atom stereocenters. The molecule has 0 atom stereocenters. The average molecular weight is 974 g/mol. The molecule has 0 fully saturated rings. The second-order valence-electron chi connectivity index (χ2n) is 14.5. The van der Waals surface area contributed by atoms with Crippen LogP contribution >= 0.6 is 0 Å². The Morgan fingerprint density at radius 1 is 0.178 bits per heavy atom. The van der Waals surface area contributed by atoms with Crippen molar-refractivity contribution in [3.63, 3.8) is 0 Å². The van der Waals surface area contributed by atoms with Crippen LogP contribution in [-0.4, -0.2) is 0 Å². The van der Waals surface area contributed by atoms with Crippen molar-refractivity contribution in [2.24, 2.45) is 0 Å². The van der Waals surface area contributed by atoms with Gasteiger partial charge in [0.15, 0.2) is 0 Å². The van der Waals surface area contributed by atoms with Crippen LogP contribution in [0.4, 0.5) is 0 Å². The Morgan fingerprint density at radius 2 is 0.301 bits per heavy atom. The zero-order chi connectivity index (χ0) is 54.8. The zero-order valence-corrected chi connectivity index (χ0v) is 48.9. The molecule has 10 rings (SSSR count). The van der Waals surface area contributed by atoms with Gasteiger partial charge in [-0.25, -0.2) is 0 Å². The van der Waals surface area contributed by atoms with Crippen molar-refractivity contribution in [3.8, 4) is 44.5 Å². The van der Waals surface area contributed by atoms with E-state index in [0.29, 0.717) is 0 Å². The molecule has 0 N–H and O–H groups in total. The van der Waals surface area contributed by atoms with Crippen molar-refractivity contribution in [1.82, 2.24) is 0 Å². The summed E-state index contributed by atoms with van der Waals surface area (Å²) in [5, 5.41) is 10.4. The molecule has 388 valence electrons. The van der Waals surface area contributed by atoms with Gasteiger partial charge in [-0.3, -0.25) is 0 Å². The van der Waals surface area contributed by atoms with Crippen molar-refractivity contribution in [2.45, 2.75) is 144 Å². The maximum Gasteiger partial charge on any atom is -0.00264 e. The van der Waals surface area contributed by atoms with Crippen LogP contribution < -0.4 is 0 Å². The molecule has 0 saturated heterocycles. The van der Waals surface area contributed by atoms with Gasteiger partial charge in [0, 0.05) is 0 Å². The summed E-state index contributed by atoms with van der Waals surface area (Å²) in [4.78, 5) is 0. The van der Waals surface area contributed by atoms with E-state index >= 15 is 0 Å². The summed E-state index contributed by atoms with van der Waals surface area (Å²) in [5.41, 5.74) is 10.3. The van der Waals surface area contributed by atoms with E-state index in [4.69, 9.17) is 0 Å². The van der Waals surface area contributed by atoms with Crippen LogP contribution in [0, 0.1) is 0 Å². The quantitative estimate of drug-likeness (QED) is 0.146. The lowest BCUT2D eigenvalue weighted by molar-refractivity contribution is 0.772. The molecule has 10 aromatic carbocycles. The normalized spacial score (nSPS) is 9.12. The molecule has 0 bridgehead atoms. The Kier molecular flexibility index (Phi) is 37.9. The first-order valence-corrected chi connectivity index (χ1v) is 28.4. The standard InChI is InChI=1S/2C26H18.C5H12.8C2H6/c2*1-3-11-19(12-4-1)25-21-15-7-9-17-23(21)26(20-13-5-2-6-14-20)24-18-10-8-16-22(24)25;1-3-5-4-2;8*1-2/h2*1-18H;3-5H2,1-2H3;8*1-2H3. The number of hydrogen-bond acceptors (Lipinski definition) is 0. The molecule has 0 saturated carbocycles. The van der Waals surface area contributed by atoms with Crippen molar-refractivity contribution in [2.75, 3.05) is 0 Å². The number of hydrogen-bond donors (Lipinski definition) is 0. The zero-order valence-electron chi connectivity index (χ0n) is 48.9. The highest BCUT2D eigenvalue weighted by molar-refractivity contribution is 6.22. The van der Waals surface area contributed by atoms with Gasteiger partial charge in [0.1, 0.15) is 0 Å². The Labute approximate surface area is 447 Å². The first-order chi connectivity index (χ1) is 36.3. The Hall–Kier alpha value is -6.76. The van der Waals surface area contributed by atoms with Gasteiger partial charge in [-0.2, -0.15) is 0 Å². The fraction of sp³-hybridized carbons (Fsp3) is 0.288. The number of fused-ring (bicyclic) bond motifs is 4. The minimum absolute atomic E-state index is 1.26. The summed E-state index contributed by atoms with van der Waals surface area (Å²) in [7, 11) is 0. The highest BCUT2D eigenvalue weighted by atomic mass is 14.2. The lowest BCUT2D eigenvalue weighted by Gasteiger charge is -2.17. The van der Waals surface area contributed by atoms with Gasteiger partial charge in [0.05, 0.1) is 0 Å². The van der Waals surface area contributed by atoms with Crippen molar-refractivity contribution < 1.29 is 0 Å². The van der Waals surface area contributed by atoms with Crippen LogP contribution in [0.3, 0.4) is 0 Å². The highest BCUT2D eigenvalue weighted by Gasteiger charge is 2.17. The van der Waals surface area contributed by atoms with Crippen LogP contribution in [0.15, 0.2) is 218 Å². The summed E-state index contributed by atoms with van der Waals surface area (Å²) in [6.07, 6.45) is 4.08.